The molecule has 0 fully saturated rings. The van der Waals surface area contributed by atoms with Gasteiger partial charge < -0.3 is 9.84 Å². The monoisotopic (exact) mass is 242 g/mol. The summed E-state index contributed by atoms with van der Waals surface area (Å²) in [5.41, 5.74) is 3.34. The summed E-state index contributed by atoms with van der Waals surface area (Å²) in [6.45, 7) is 1.85. The molecule has 2 aromatic carbocycles. The number of phenolic OH excluding ortho intramolecular Hbond substituents is 1. The predicted octanol–water partition coefficient (Wildman–Crippen LogP) is 3.15. The molecule has 1 N–H and O–H groups in total. The van der Waals surface area contributed by atoms with Crippen LogP contribution in [0.4, 0.5) is 0 Å². The molecule has 0 atom stereocenters. The number of carbonyl (C=O) groups excluding carboxylic acids is 1. The second-order valence-corrected chi connectivity index (χ2v) is 4.07. The topological polar surface area (TPSA) is 46.5 Å². The van der Waals surface area contributed by atoms with Crippen molar-refractivity contribution >= 4 is 5.97 Å². The van der Waals surface area contributed by atoms with E-state index in [-0.39, 0.29) is 11.7 Å². The normalized spacial score (nSPS) is 10.1. The Balaban J connectivity index is 2.34. The molecule has 0 bridgehead atoms. The van der Waals surface area contributed by atoms with Crippen LogP contribution in [0.3, 0.4) is 0 Å². The summed E-state index contributed by atoms with van der Waals surface area (Å²) in [6.07, 6.45) is 0. The van der Waals surface area contributed by atoms with Crippen molar-refractivity contribution in [3.05, 3.63) is 53.6 Å². The van der Waals surface area contributed by atoms with Crippen LogP contribution in [0, 0.1) is 6.92 Å². The maximum absolute atomic E-state index is 11.3. The summed E-state index contributed by atoms with van der Waals surface area (Å²) < 4.78 is 4.64. The highest BCUT2D eigenvalue weighted by atomic mass is 16.5. The Morgan fingerprint density at radius 1 is 1.06 bits per heavy atom. The second kappa shape index (κ2) is 4.92. The van der Waals surface area contributed by atoms with Gasteiger partial charge in [-0.3, -0.25) is 0 Å². The number of methoxy groups -OCH3 is 1. The van der Waals surface area contributed by atoms with Crippen LogP contribution in [0.25, 0.3) is 11.1 Å². The molecule has 2 aromatic rings. The van der Waals surface area contributed by atoms with E-state index in [1.54, 1.807) is 18.2 Å². The number of benzene rings is 2. The molecular weight excluding hydrogens is 228 g/mol. The van der Waals surface area contributed by atoms with E-state index in [4.69, 9.17) is 0 Å². The molecule has 0 amide bonds. The lowest BCUT2D eigenvalue weighted by atomic mass is 10.0. The van der Waals surface area contributed by atoms with Gasteiger partial charge in [-0.1, -0.05) is 18.2 Å². The molecule has 0 heterocycles. The zero-order valence-corrected chi connectivity index (χ0v) is 10.3. The lowest BCUT2D eigenvalue weighted by Crippen LogP contribution is -2.00. The van der Waals surface area contributed by atoms with E-state index in [0.717, 1.165) is 16.7 Å². The van der Waals surface area contributed by atoms with E-state index < -0.39 is 0 Å². The van der Waals surface area contributed by atoms with Crippen molar-refractivity contribution in [1.29, 1.82) is 0 Å². The minimum absolute atomic E-state index is 0.282. The minimum atomic E-state index is -0.344. The molecule has 0 aliphatic heterocycles. The van der Waals surface area contributed by atoms with Crippen molar-refractivity contribution in [2.24, 2.45) is 0 Å². The van der Waals surface area contributed by atoms with E-state index in [1.165, 1.54) is 7.11 Å². The van der Waals surface area contributed by atoms with Gasteiger partial charge >= 0.3 is 5.97 Å². The molecule has 0 aromatic heterocycles. The number of phenols is 1. The standard InChI is InChI=1S/C15H14O3/c1-10-9-13(7-8-14(10)16)11-3-5-12(6-4-11)15(17)18-2/h3-9,16H,1-2H3. The number of aromatic hydroxyl groups is 1. The molecule has 0 spiro atoms. The predicted molar refractivity (Wildman–Crippen MR) is 69.6 cm³/mol. The Labute approximate surface area is 106 Å². The van der Waals surface area contributed by atoms with Crippen molar-refractivity contribution < 1.29 is 14.6 Å². The first-order chi connectivity index (χ1) is 8.61. The molecule has 18 heavy (non-hydrogen) atoms. The number of hydrogen-bond donors (Lipinski definition) is 1. The van der Waals surface area contributed by atoms with Gasteiger partial charge in [-0.05, 0) is 47.9 Å². The molecule has 3 nitrogen and oxygen atoms in total. The van der Waals surface area contributed by atoms with E-state index in [9.17, 15) is 9.90 Å². The number of hydrogen-bond acceptors (Lipinski definition) is 3. The summed E-state index contributed by atoms with van der Waals surface area (Å²) in [4.78, 5) is 11.3. The van der Waals surface area contributed by atoms with E-state index in [2.05, 4.69) is 4.74 Å². The Morgan fingerprint density at radius 3 is 2.22 bits per heavy atom. The third-order valence-corrected chi connectivity index (χ3v) is 2.84. The fourth-order valence-electron chi connectivity index (χ4n) is 1.75. The van der Waals surface area contributed by atoms with Crippen LogP contribution >= 0.6 is 0 Å². The Hall–Kier alpha value is -2.29. The van der Waals surface area contributed by atoms with Crippen LogP contribution < -0.4 is 0 Å². The van der Waals surface area contributed by atoms with Gasteiger partial charge in [0.25, 0.3) is 0 Å². The van der Waals surface area contributed by atoms with E-state index >= 15 is 0 Å². The molecule has 0 radical (unpaired) electrons. The first kappa shape index (κ1) is 12.2. The fraction of sp³-hybridized carbons (Fsp3) is 0.133. The zero-order chi connectivity index (χ0) is 13.1. The van der Waals surface area contributed by atoms with Crippen molar-refractivity contribution in [1.82, 2.24) is 0 Å². The van der Waals surface area contributed by atoms with E-state index in [0.29, 0.717) is 5.56 Å². The highest BCUT2D eigenvalue weighted by Crippen LogP contribution is 2.25. The lowest BCUT2D eigenvalue weighted by Gasteiger charge is -2.05. The van der Waals surface area contributed by atoms with Gasteiger partial charge in [0, 0.05) is 0 Å². The zero-order valence-electron chi connectivity index (χ0n) is 10.3. The van der Waals surface area contributed by atoms with E-state index in [1.807, 2.05) is 31.2 Å². The number of aryl methyl sites for hydroxylation is 1. The van der Waals surface area contributed by atoms with Crippen LogP contribution in [-0.4, -0.2) is 18.2 Å². The lowest BCUT2D eigenvalue weighted by molar-refractivity contribution is 0.0601. The largest absolute Gasteiger partial charge is 0.508 e. The van der Waals surface area contributed by atoms with Crippen LogP contribution in [0.1, 0.15) is 15.9 Å². The van der Waals surface area contributed by atoms with Crippen LogP contribution in [0.5, 0.6) is 5.75 Å². The number of carbonyl (C=O) groups is 1. The maximum atomic E-state index is 11.3. The highest BCUT2D eigenvalue weighted by Gasteiger charge is 2.06. The summed E-state index contributed by atoms with van der Waals surface area (Å²) >= 11 is 0. The number of ether oxygens (including phenoxy) is 1. The molecule has 92 valence electrons. The summed E-state index contributed by atoms with van der Waals surface area (Å²) in [5, 5.41) is 9.48. The van der Waals surface area contributed by atoms with Crippen molar-refractivity contribution in [3.8, 4) is 16.9 Å². The molecule has 0 saturated heterocycles. The number of esters is 1. The van der Waals surface area contributed by atoms with Gasteiger partial charge in [-0.25, -0.2) is 4.79 Å². The summed E-state index contributed by atoms with van der Waals surface area (Å²) in [7, 11) is 1.36. The first-order valence-corrected chi connectivity index (χ1v) is 5.60. The van der Waals surface area contributed by atoms with Crippen LogP contribution in [-0.2, 0) is 4.74 Å². The quantitative estimate of drug-likeness (QED) is 0.823. The Morgan fingerprint density at radius 2 is 1.67 bits per heavy atom. The smallest absolute Gasteiger partial charge is 0.337 e. The summed E-state index contributed by atoms with van der Waals surface area (Å²) in [5.74, 6) is -0.0617. The van der Waals surface area contributed by atoms with Crippen LogP contribution in [0.15, 0.2) is 42.5 Å². The molecule has 2 rings (SSSR count). The van der Waals surface area contributed by atoms with Crippen LogP contribution in [0.2, 0.25) is 0 Å². The molecule has 0 saturated carbocycles. The highest BCUT2D eigenvalue weighted by molar-refractivity contribution is 5.90. The van der Waals surface area contributed by atoms with Gasteiger partial charge in [0.2, 0.25) is 0 Å². The first-order valence-electron chi connectivity index (χ1n) is 5.60. The second-order valence-electron chi connectivity index (χ2n) is 4.07. The Kier molecular flexibility index (Phi) is 3.33. The van der Waals surface area contributed by atoms with Gasteiger partial charge in [0.15, 0.2) is 0 Å². The molecule has 3 heteroatoms. The van der Waals surface area contributed by atoms with Crippen molar-refractivity contribution in [2.45, 2.75) is 6.92 Å². The van der Waals surface area contributed by atoms with Gasteiger partial charge in [0.1, 0.15) is 5.75 Å². The molecule has 0 aliphatic rings. The Bertz CT molecular complexity index is 571. The molecular formula is C15H14O3. The average molecular weight is 242 g/mol. The molecule has 0 aliphatic carbocycles. The van der Waals surface area contributed by atoms with Gasteiger partial charge in [-0.2, -0.15) is 0 Å². The van der Waals surface area contributed by atoms with Gasteiger partial charge in [0.05, 0.1) is 12.7 Å². The number of rotatable bonds is 2. The maximum Gasteiger partial charge on any atom is 0.337 e. The molecule has 0 unspecified atom stereocenters. The third-order valence-electron chi connectivity index (χ3n) is 2.84. The average Bonchev–Trinajstić information content (AvgIpc) is 2.41. The third kappa shape index (κ3) is 2.35. The fourth-order valence-corrected chi connectivity index (χ4v) is 1.75. The minimum Gasteiger partial charge on any atom is -0.508 e. The van der Waals surface area contributed by atoms with Crippen molar-refractivity contribution in [3.63, 3.8) is 0 Å². The SMILES string of the molecule is COC(=O)c1ccc(-c2ccc(O)c(C)c2)cc1. The summed E-state index contributed by atoms with van der Waals surface area (Å²) in [6, 6.07) is 12.6. The van der Waals surface area contributed by atoms with Crippen molar-refractivity contribution in [2.75, 3.05) is 7.11 Å². The van der Waals surface area contributed by atoms with Gasteiger partial charge in [-0.15, -0.1) is 0 Å².